The second-order valence-electron chi connectivity index (χ2n) is 5.38. The molecule has 116 valence electrons. The zero-order chi connectivity index (χ0) is 15.1. The van der Waals surface area contributed by atoms with Gasteiger partial charge >= 0.3 is 0 Å². The van der Waals surface area contributed by atoms with Crippen molar-refractivity contribution in [2.75, 3.05) is 33.8 Å². The molecule has 0 aliphatic carbocycles. The number of rotatable bonds is 5. The topological polar surface area (TPSA) is 62.9 Å². The van der Waals surface area contributed by atoms with Crippen LogP contribution in [0.5, 0.6) is 5.75 Å². The average molecular weight is 290 g/mol. The lowest BCUT2D eigenvalue weighted by molar-refractivity contribution is 0.164. The van der Waals surface area contributed by atoms with E-state index in [2.05, 4.69) is 27.3 Å². The Morgan fingerprint density at radius 2 is 1.95 bits per heavy atom. The molecule has 1 unspecified atom stereocenters. The fourth-order valence-electron chi connectivity index (χ4n) is 2.79. The number of aliphatic imine (C=N–C) groups is 1. The summed E-state index contributed by atoms with van der Waals surface area (Å²) in [5, 5.41) is 3.21. The molecule has 21 heavy (non-hydrogen) atoms. The zero-order valence-electron chi connectivity index (χ0n) is 13.0. The summed E-state index contributed by atoms with van der Waals surface area (Å²) in [4.78, 5) is 6.50. The minimum absolute atomic E-state index is 0.316. The standard InChI is InChI=1S/C16H26N4O/c1-18-16(17)19-12-15(20-10-4-3-5-11-20)13-6-8-14(21-2)9-7-13/h6-9,15H,3-5,10-12H2,1-2H3,(H3,17,18,19). The lowest BCUT2D eigenvalue weighted by atomic mass is 10.0. The Morgan fingerprint density at radius 1 is 1.29 bits per heavy atom. The molecular formula is C16H26N4O. The van der Waals surface area contributed by atoms with E-state index in [1.165, 1.54) is 24.8 Å². The zero-order valence-corrected chi connectivity index (χ0v) is 13.0. The summed E-state index contributed by atoms with van der Waals surface area (Å²) in [6, 6.07) is 8.63. The van der Waals surface area contributed by atoms with Crippen molar-refractivity contribution in [1.29, 1.82) is 0 Å². The maximum atomic E-state index is 5.77. The number of piperidine rings is 1. The smallest absolute Gasteiger partial charge is 0.188 e. The molecule has 5 nitrogen and oxygen atoms in total. The molecule has 1 aromatic rings. The van der Waals surface area contributed by atoms with Gasteiger partial charge in [0.2, 0.25) is 0 Å². The molecular weight excluding hydrogens is 264 g/mol. The first kappa shape index (κ1) is 15.6. The van der Waals surface area contributed by atoms with Crippen molar-refractivity contribution in [1.82, 2.24) is 10.2 Å². The van der Waals surface area contributed by atoms with E-state index in [1.807, 2.05) is 12.1 Å². The highest BCUT2D eigenvalue weighted by Crippen LogP contribution is 2.25. The Kier molecular flexibility index (Phi) is 5.87. The SMILES string of the molecule is CN=C(N)NCC(c1ccc(OC)cc1)N1CCCCC1. The number of likely N-dealkylation sites (tertiary alicyclic amines) is 1. The molecule has 0 radical (unpaired) electrons. The Hall–Kier alpha value is -1.75. The van der Waals surface area contributed by atoms with Crippen LogP contribution in [-0.4, -0.2) is 44.7 Å². The Labute approximate surface area is 127 Å². The highest BCUT2D eigenvalue weighted by atomic mass is 16.5. The molecule has 0 bridgehead atoms. The van der Waals surface area contributed by atoms with Gasteiger partial charge in [-0.25, -0.2) is 0 Å². The van der Waals surface area contributed by atoms with Gasteiger partial charge in [-0.15, -0.1) is 0 Å². The van der Waals surface area contributed by atoms with E-state index >= 15 is 0 Å². The fraction of sp³-hybridized carbons (Fsp3) is 0.562. The number of guanidine groups is 1. The average Bonchev–Trinajstić information content (AvgIpc) is 2.56. The van der Waals surface area contributed by atoms with Crippen LogP contribution in [0, 0.1) is 0 Å². The predicted octanol–water partition coefficient (Wildman–Crippen LogP) is 1.76. The number of methoxy groups -OCH3 is 1. The maximum Gasteiger partial charge on any atom is 0.188 e. The summed E-state index contributed by atoms with van der Waals surface area (Å²) in [6.07, 6.45) is 3.87. The van der Waals surface area contributed by atoms with Gasteiger partial charge in [0.15, 0.2) is 5.96 Å². The number of hydrogen-bond acceptors (Lipinski definition) is 3. The second-order valence-corrected chi connectivity index (χ2v) is 5.38. The van der Waals surface area contributed by atoms with Crippen LogP contribution in [-0.2, 0) is 0 Å². The van der Waals surface area contributed by atoms with Gasteiger partial charge in [0.05, 0.1) is 13.2 Å². The van der Waals surface area contributed by atoms with Gasteiger partial charge in [-0.3, -0.25) is 9.89 Å². The molecule has 1 aliphatic rings. The largest absolute Gasteiger partial charge is 0.497 e. The molecule has 1 fully saturated rings. The first-order valence-corrected chi connectivity index (χ1v) is 7.58. The molecule has 1 atom stereocenters. The van der Waals surface area contributed by atoms with Gasteiger partial charge in [0, 0.05) is 13.6 Å². The van der Waals surface area contributed by atoms with Crippen LogP contribution in [0.25, 0.3) is 0 Å². The van der Waals surface area contributed by atoms with Crippen molar-refractivity contribution in [3.8, 4) is 5.75 Å². The minimum atomic E-state index is 0.316. The Bertz CT molecular complexity index is 452. The van der Waals surface area contributed by atoms with Gasteiger partial charge in [-0.1, -0.05) is 18.6 Å². The quantitative estimate of drug-likeness (QED) is 0.641. The van der Waals surface area contributed by atoms with Gasteiger partial charge in [-0.2, -0.15) is 0 Å². The van der Waals surface area contributed by atoms with Crippen molar-refractivity contribution in [3.63, 3.8) is 0 Å². The predicted molar refractivity (Wildman–Crippen MR) is 86.7 cm³/mol. The van der Waals surface area contributed by atoms with Gasteiger partial charge in [-0.05, 0) is 43.6 Å². The number of nitrogens with two attached hydrogens (primary N) is 1. The third-order valence-corrected chi connectivity index (χ3v) is 4.05. The van der Waals surface area contributed by atoms with E-state index in [9.17, 15) is 0 Å². The number of ether oxygens (including phenoxy) is 1. The summed E-state index contributed by atoms with van der Waals surface area (Å²) in [5.74, 6) is 1.38. The van der Waals surface area contributed by atoms with E-state index in [-0.39, 0.29) is 0 Å². The van der Waals surface area contributed by atoms with Gasteiger partial charge in [0.25, 0.3) is 0 Å². The van der Waals surface area contributed by atoms with Crippen LogP contribution < -0.4 is 15.8 Å². The number of nitrogens with zero attached hydrogens (tertiary/aromatic N) is 2. The molecule has 0 saturated carbocycles. The highest BCUT2D eigenvalue weighted by molar-refractivity contribution is 5.77. The maximum absolute atomic E-state index is 5.77. The van der Waals surface area contributed by atoms with E-state index in [1.54, 1.807) is 14.2 Å². The van der Waals surface area contributed by atoms with Crippen molar-refractivity contribution < 1.29 is 4.74 Å². The molecule has 1 aromatic carbocycles. The summed E-state index contributed by atoms with van der Waals surface area (Å²) in [6.45, 7) is 3.05. The monoisotopic (exact) mass is 290 g/mol. The molecule has 1 heterocycles. The summed E-state index contributed by atoms with van der Waals surface area (Å²) in [5.41, 5.74) is 7.06. The molecule has 0 amide bonds. The Balaban J connectivity index is 2.12. The second kappa shape index (κ2) is 7.88. The molecule has 1 aliphatic heterocycles. The van der Waals surface area contributed by atoms with Crippen molar-refractivity contribution in [2.24, 2.45) is 10.7 Å². The van der Waals surface area contributed by atoms with Crippen LogP contribution in [0.1, 0.15) is 30.9 Å². The summed E-state index contributed by atoms with van der Waals surface area (Å²) < 4.78 is 5.24. The van der Waals surface area contributed by atoms with E-state index < -0.39 is 0 Å². The Morgan fingerprint density at radius 3 is 2.52 bits per heavy atom. The molecule has 0 aromatic heterocycles. The normalized spacial score (nSPS) is 18.3. The molecule has 2 rings (SSSR count). The molecule has 1 saturated heterocycles. The third-order valence-electron chi connectivity index (χ3n) is 4.05. The lowest BCUT2D eigenvalue weighted by Crippen LogP contribution is -2.42. The van der Waals surface area contributed by atoms with Crippen molar-refractivity contribution in [3.05, 3.63) is 29.8 Å². The van der Waals surface area contributed by atoms with E-state index in [0.717, 1.165) is 25.4 Å². The van der Waals surface area contributed by atoms with Gasteiger partial charge < -0.3 is 15.8 Å². The number of benzene rings is 1. The number of nitrogens with one attached hydrogen (secondary N) is 1. The number of hydrogen-bond donors (Lipinski definition) is 2. The molecule has 5 heteroatoms. The first-order valence-electron chi connectivity index (χ1n) is 7.58. The molecule has 3 N–H and O–H groups in total. The lowest BCUT2D eigenvalue weighted by Gasteiger charge is -2.35. The fourth-order valence-corrected chi connectivity index (χ4v) is 2.79. The van der Waals surface area contributed by atoms with E-state index in [4.69, 9.17) is 10.5 Å². The highest BCUT2D eigenvalue weighted by Gasteiger charge is 2.22. The first-order chi connectivity index (χ1) is 10.2. The van der Waals surface area contributed by atoms with E-state index in [0.29, 0.717) is 12.0 Å². The van der Waals surface area contributed by atoms with Crippen LogP contribution >= 0.6 is 0 Å². The minimum Gasteiger partial charge on any atom is -0.497 e. The molecule has 0 spiro atoms. The van der Waals surface area contributed by atoms with Crippen LogP contribution in [0.15, 0.2) is 29.3 Å². The van der Waals surface area contributed by atoms with Crippen LogP contribution in [0.4, 0.5) is 0 Å². The van der Waals surface area contributed by atoms with Crippen LogP contribution in [0.2, 0.25) is 0 Å². The van der Waals surface area contributed by atoms with Crippen molar-refractivity contribution in [2.45, 2.75) is 25.3 Å². The summed E-state index contributed by atoms with van der Waals surface area (Å²) >= 11 is 0. The van der Waals surface area contributed by atoms with Crippen molar-refractivity contribution >= 4 is 5.96 Å². The van der Waals surface area contributed by atoms with Crippen LogP contribution in [0.3, 0.4) is 0 Å². The third kappa shape index (κ3) is 4.36. The summed E-state index contributed by atoms with van der Waals surface area (Å²) in [7, 11) is 3.39. The van der Waals surface area contributed by atoms with Gasteiger partial charge in [0.1, 0.15) is 5.75 Å².